The Balaban J connectivity index is 1.38. The SMILES string of the molecule is CC(C)(C)c1cc(C2CC2)cc2c(N)cc(C(=O)NCC3CC4(CN3)SCCS4)nc12. The van der Waals surface area contributed by atoms with E-state index in [0.29, 0.717) is 34.0 Å². The van der Waals surface area contributed by atoms with Crippen LogP contribution in [0, 0.1) is 0 Å². The fraction of sp³-hybridized carbons (Fsp3) is 0.583. The van der Waals surface area contributed by atoms with Crippen LogP contribution in [0.4, 0.5) is 5.69 Å². The lowest BCUT2D eigenvalue weighted by atomic mass is 9.83. The van der Waals surface area contributed by atoms with E-state index >= 15 is 0 Å². The van der Waals surface area contributed by atoms with Crippen LogP contribution >= 0.6 is 23.5 Å². The van der Waals surface area contributed by atoms with Crippen LogP contribution in [0.3, 0.4) is 0 Å². The standard InChI is InChI=1S/C24H32N4OS2/c1-23(2,3)18-9-15(14-4-5-14)8-17-19(25)10-20(28-21(17)18)22(29)26-12-16-11-24(13-27-16)30-6-7-31-24/h8-10,14,16,27H,4-7,11-13H2,1-3H3,(H2,25,28)(H,26,29). The van der Waals surface area contributed by atoms with Gasteiger partial charge in [0.05, 0.1) is 9.60 Å². The Bertz CT molecular complexity index is 1020. The van der Waals surface area contributed by atoms with Gasteiger partial charge in [-0.25, -0.2) is 4.98 Å². The van der Waals surface area contributed by atoms with Gasteiger partial charge in [-0.15, -0.1) is 23.5 Å². The Morgan fingerprint density at radius 3 is 2.68 bits per heavy atom. The third-order valence-corrected chi connectivity index (χ3v) is 10.1. The summed E-state index contributed by atoms with van der Waals surface area (Å²) in [6.45, 7) is 8.23. The van der Waals surface area contributed by atoms with E-state index in [1.54, 1.807) is 6.07 Å². The topological polar surface area (TPSA) is 80.0 Å². The van der Waals surface area contributed by atoms with E-state index in [2.05, 4.69) is 67.1 Å². The summed E-state index contributed by atoms with van der Waals surface area (Å²) in [6.07, 6.45) is 3.58. The number of pyridine rings is 1. The van der Waals surface area contributed by atoms with E-state index in [-0.39, 0.29) is 11.3 Å². The molecule has 2 aromatic rings. The summed E-state index contributed by atoms with van der Waals surface area (Å²) in [5.41, 5.74) is 10.8. The van der Waals surface area contributed by atoms with Crippen LogP contribution in [0.1, 0.15) is 67.6 Å². The van der Waals surface area contributed by atoms with Crippen LogP contribution in [-0.2, 0) is 5.41 Å². The fourth-order valence-corrected chi connectivity index (χ4v) is 7.96. The zero-order chi connectivity index (χ0) is 21.8. The van der Waals surface area contributed by atoms with Gasteiger partial charge in [-0.05, 0) is 53.9 Å². The number of carbonyl (C=O) groups is 1. The van der Waals surface area contributed by atoms with Gasteiger partial charge in [0.1, 0.15) is 5.69 Å². The lowest BCUT2D eigenvalue weighted by Crippen LogP contribution is -2.37. The van der Waals surface area contributed by atoms with Gasteiger partial charge < -0.3 is 16.4 Å². The summed E-state index contributed by atoms with van der Waals surface area (Å²) < 4.78 is 0.307. The normalized spacial score (nSPS) is 23.0. The number of rotatable bonds is 4. The van der Waals surface area contributed by atoms with Crippen LogP contribution in [0.25, 0.3) is 10.9 Å². The summed E-state index contributed by atoms with van der Waals surface area (Å²) in [6, 6.07) is 6.52. The molecule has 1 saturated carbocycles. The molecule has 0 radical (unpaired) electrons. The van der Waals surface area contributed by atoms with Gasteiger partial charge in [0.15, 0.2) is 0 Å². The highest BCUT2D eigenvalue weighted by molar-refractivity contribution is 8.21. The van der Waals surface area contributed by atoms with Crippen LogP contribution in [-0.4, -0.2) is 45.6 Å². The van der Waals surface area contributed by atoms with Crippen molar-refractivity contribution in [3.63, 3.8) is 0 Å². The monoisotopic (exact) mass is 456 g/mol. The number of hydrogen-bond acceptors (Lipinski definition) is 6. The average Bonchev–Trinajstić information content (AvgIpc) is 3.36. The van der Waals surface area contributed by atoms with Crippen molar-refractivity contribution in [3.8, 4) is 0 Å². The van der Waals surface area contributed by atoms with Crippen molar-refractivity contribution in [2.24, 2.45) is 0 Å². The highest BCUT2D eigenvalue weighted by atomic mass is 32.2. The zero-order valence-electron chi connectivity index (χ0n) is 18.6. The molecule has 1 aromatic carbocycles. The molecule has 5 rings (SSSR count). The lowest BCUT2D eigenvalue weighted by molar-refractivity contribution is 0.0945. The first-order valence-electron chi connectivity index (χ1n) is 11.3. The van der Waals surface area contributed by atoms with E-state index in [0.717, 1.165) is 23.9 Å². The first-order valence-corrected chi connectivity index (χ1v) is 13.3. The minimum absolute atomic E-state index is 0.0730. The lowest BCUT2D eigenvalue weighted by Gasteiger charge is -2.23. The van der Waals surface area contributed by atoms with Gasteiger partial charge in [-0.1, -0.05) is 26.8 Å². The third-order valence-electron chi connectivity index (χ3n) is 6.60. The van der Waals surface area contributed by atoms with Crippen molar-refractivity contribution < 1.29 is 4.79 Å². The second-order valence-electron chi connectivity index (χ2n) is 10.2. The van der Waals surface area contributed by atoms with Crippen LogP contribution in [0.15, 0.2) is 18.2 Å². The molecule has 0 bridgehead atoms. The van der Waals surface area contributed by atoms with Crippen molar-refractivity contribution in [3.05, 3.63) is 35.0 Å². The van der Waals surface area contributed by atoms with E-state index in [1.807, 2.05) is 0 Å². The summed E-state index contributed by atoms with van der Waals surface area (Å²) in [5.74, 6) is 2.95. The number of hydrogen-bond donors (Lipinski definition) is 3. The summed E-state index contributed by atoms with van der Waals surface area (Å²) >= 11 is 4.12. The number of thioether (sulfide) groups is 2. The number of nitrogens with two attached hydrogens (primary N) is 1. The van der Waals surface area contributed by atoms with Gasteiger partial charge >= 0.3 is 0 Å². The number of carbonyl (C=O) groups excluding carboxylic acids is 1. The molecule has 1 unspecified atom stereocenters. The maximum Gasteiger partial charge on any atom is 0.270 e. The number of nitrogens with one attached hydrogen (secondary N) is 2. The second kappa shape index (κ2) is 7.85. The average molecular weight is 457 g/mol. The van der Waals surface area contributed by atoms with Crippen molar-refractivity contribution >= 4 is 46.0 Å². The number of nitrogens with zero attached hydrogens (tertiary/aromatic N) is 1. The van der Waals surface area contributed by atoms with Gasteiger partial charge in [0.2, 0.25) is 0 Å². The Hall–Kier alpha value is -1.44. The predicted octanol–water partition coefficient (Wildman–Crippen LogP) is 4.26. The molecular weight excluding hydrogens is 424 g/mol. The largest absolute Gasteiger partial charge is 0.398 e. The number of aromatic nitrogens is 1. The zero-order valence-corrected chi connectivity index (χ0v) is 20.2. The molecule has 2 saturated heterocycles. The highest BCUT2D eigenvalue weighted by Gasteiger charge is 2.42. The molecule has 1 spiro atoms. The second-order valence-corrected chi connectivity index (χ2v) is 13.4. The van der Waals surface area contributed by atoms with Crippen LogP contribution in [0.5, 0.6) is 0 Å². The predicted molar refractivity (Wildman–Crippen MR) is 133 cm³/mol. The minimum Gasteiger partial charge on any atom is -0.398 e. The third kappa shape index (κ3) is 4.29. The molecule has 2 aliphatic heterocycles. The maximum atomic E-state index is 13.0. The molecule has 7 heteroatoms. The number of anilines is 1. The molecule has 31 heavy (non-hydrogen) atoms. The molecule has 5 nitrogen and oxygen atoms in total. The van der Waals surface area contributed by atoms with Crippen molar-refractivity contribution in [2.75, 3.05) is 30.3 Å². The Kier molecular flexibility index (Phi) is 5.42. The summed E-state index contributed by atoms with van der Waals surface area (Å²) in [5, 5.41) is 7.66. The first-order chi connectivity index (χ1) is 14.7. The van der Waals surface area contributed by atoms with Crippen molar-refractivity contribution in [1.82, 2.24) is 15.6 Å². The molecule has 1 aliphatic carbocycles. The van der Waals surface area contributed by atoms with Gasteiger partial charge in [0, 0.05) is 41.7 Å². The van der Waals surface area contributed by atoms with E-state index in [1.165, 1.54) is 35.5 Å². The van der Waals surface area contributed by atoms with E-state index < -0.39 is 0 Å². The summed E-state index contributed by atoms with van der Waals surface area (Å²) in [7, 11) is 0. The smallest absolute Gasteiger partial charge is 0.270 e. The summed E-state index contributed by atoms with van der Waals surface area (Å²) in [4.78, 5) is 17.8. The van der Waals surface area contributed by atoms with Crippen molar-refractivity contribution in [2.45, 2.75) is 61.5 Å². The van der Waals surface area contributed by atoms with E-state index in [4.69, 9.17) is 10.7 Å². The number of nitrogen functional groups attached to an aromatic ring is 1. The Labute approximate surface area is 193 Å². The molecule has 3 fully saturated rings. The van der Waals surface area contributed by atoms with Gasteiger partial charge in [-0.2, -0.15) is 0 Å². The molecule has 1 amide bonds. The maximum absolute atomic E-state index is 13.0. The molecule has 166 valence electrons. The first kappa shape index (κ1) is 21.4. The molecular formula is C24H32N4OS2. The number of benzene rings is 1. The molecule has 3 aliphatic rings. The minimum atomic E-state index is -0.144. The van der Waals surface area contributed by atoms with E-state index in [9.17, 15) is 4.79 Å². The van der Waals surface area contributed by atoms with Crippen LogP contribution < -0.4 is 16.4 Å². The molecule has 4 N–H and O–H groups in total. The molecule has 1 aromatic heterocycles. The molecule has 1 atom stereocenters. The van der Waals surface area contributed by atoms with Gasteiger partial charge in [-0.3, -0.25) is 4.79 Å². The number of fused-ring (bicyclic) bond motifs is 1. The van der Waals surface area contributed by atoms with Crippen molar-refractivity contribution in [1.29, 1.82) is 0 Å². The fourth-order valence-electron chi connectivity index (χ4n) is 4.70. The number of amides is 1. The van der Waals surface area contributed by atoms with Crippen LogP contribution in [0.2, 0.25) is 0 Å². The molecule has 3 heterocycles. The quantitative estimate of drug-likeness (QED) is 0.638. The van der Waals surface area contributed by atoms with Gasteiger partial charge in [0.25, 0.3) is 5.91 Å². The Morgan fingerprint density at radius 2 is 2.00 bits per heavy atom. The Morgan fingerprint density at radius 1 is 1.26 bits per heavy atom. The highest BCUT2D eigenvalue weighted by Crippen LogP contribution is 2.49.